The predicted octanol–water partition coefficient (Wildman–Crippen LogP) is 1.96. The van der Waals surface area contributed by atoms with Gasteiger partial charge in [0.2, 0.25) is 0 Å². The summed E-state index contributed by atoms with van der Waals surface area (Å²) in [5.74, 6) is -0.510. The second-order valence-corrected chi connectivity index (χ2v) is 6.08. The fourth-order valence-corrected chi connectivity index (χ4v) is 3.20. The van der Waals surface area contributed by atoms with Crippen LogP contribution in [0.3, 0.4) is 0 Å². The summed E-state index contributed by atoms with van der Waals surface area (Å²) in [5, 5.41) is 1.82. The molecule has 0 saturated carbocycles. The summed E-state index contributed by atoms with van der Waals surface area (Å²) < 4.78 is 0. The normalized spacial score (nSPS) is 13.4. The lowest BCUT2D eigenvalue weighted by molar-refractivity contribution is -0.120. The van der Waals surface area contributed by atoms with Crippen molar-refractivity contribution in [1.29, 1.82) is 0 Å². The van der Waals surface area contributed by atoms with Crippen molar-refractivity contribution in [2.75, 3.05) is 18.0 Å². The number of para-hydroxylation sites is 1. The highest BCUT2D eigenvalue weighted by atomic mass is 32.1. The molecule has 0 fully saturated rings. The minimum atomic E-state index is -0.289. The topological polar surface area (TPSA) is 61.4 Å². The number of benzene rings is 1. The molecule has 2 amide bonds. The molecule has 2 aromatic rings. The zero-order valence-electron chi connectivity index (χ0n) is 12.0. The molecule has 5 nitrogen and oxygen atoms in total. The van der Waals surface area contributed by atoms with Crippen molar-refractivity contribution in [3.8, 4) is 0 Å². The lowest BCUT2D eigenvalue weighted by atomic mass is 10.0. The van der Waals surface area contributed by atoms with Gasteiger partial charge in [-0.05, 0) is 35.9 Å². The minimum absolute atomic E-state index is 0.221. The van der Waals surface area contributed by atoms with E-state index < -0.39 is 0 Å². The largest absolute Gasteiger partial charge is 0.362 e. The average Bonchev–Trinajstić information content (AvgIpc) is 3.07. The third-order valence-corrected chi connectivity index (χ3v) is 4.47. The highest BCUT2D eigenvalue weighted by molar-refractivity contribution is 7.12. The number of nitrogens with one attached hydrogen (secondary N) is 2. The summed E-state index contributed by atoms with van der Waals surface area (Å²) >= 11 is 1.34. The second kappa shape index (κ2) is 6.62. The Morgan fingerprint density at radius 2 is 2.00 bits per heavy atom. The Kier molecular flexibility index (Phi) is 4.39. The number of hydrogen-bond donors (Lipinski definition) is 2. The number of anilines is 1. The number of carbonyl (C=O) groups excluding carboxylic acids is 2. The van der Waals surface area contributed by atoms with E-state index in [1.54, 1.807) is 12.1 Å². The van der Waals surface area contributed by atoms with Gasteiger partial charge < -0.3 is 4.90 Å². The molecule has 0 bridgehead atoms. The number of thiophene rings is 1. The van der Waals surface area contributed by atoms with Crippen LogP contribution in [0, 0.1) is 0 Å². The molecular formula is C16H17N3O2S. The molecule has 1 aromatic carbocycles. The van der Waals surface area contributed by atoms with Crippen molar-refractivity contribution >= 4 is 28.8 Å². The van der Waals surface area contributed by atoms with E-state index in [0.29, 0.717) is 4.88 Å². The fraction of sp³-hybridized carbons (Fsp3) is 0.250. The molecule has 2 N–H and O–H groups in total. The number of hydrazine groups is 1. The van der Waals surface area contributed by atoms with Gasteiger partial charge in [-0.3, -0.25) is 20.4 Å². The van der Waals surface area contributed by atoms with E-state index >= 15 is 0 Å². The van der Waals surface area contributed by atoms with Gasteiger partial charge in [-0.2, -0.15) is 0 Å². The number of carbonyl (C=O) groups is 2. The van der Waals surface area contributed by atoms with Crippen molar-refractivity contribution < 1.29 is 9.59 Å². The van der Waals surface area contributed by atoms with Crippen LogP contribution in [0.5, 0.6) is 0 Å². The Morgan fingerprint density at radius 3 is 2.82 bits per heavy atom. The summed E-state index contributed by atoms with van der Waals surface area (Å²) in [6, 6.07) is 11.6. The van der Waals surface area contributed by atoms with E-state index in [1.807, 2.05) is 28.5 Å². The zero-order valence-corrected chi connectivity index (χ0v) is 12.9. The zero-order chi connectivity index (χ0) is 15.4. The average molecular weight is 315 g/mol. The minimum Gasteiger partial charge on any atom is -0.362 e. The summed E-state index contributed by atoms with van der Waals surface area (Å²) in [6.45, 7) is 1.09. The molecule has 6 heteroatoms. The molecule has 2 heterocycles. The third-order valence-electron chi connectivity index (χ3n) is 3.60. The maximum atomic E-state index is 12.0. The number of fused-ring (bicyclic) bond motifs is 1. The molecule has 114 valence electrons. The van der Waals surface area contributed by atoms with Gasteiger partial charge in [-0.15, -0.1) is 11.3 Å². The lowest BCUT2D eigenvalue weighted by Gasteiger charge is -2.30. The van der Waals surface area contributed by atoms with Crippen molar-refractivity contribution in [1.82, 2.24) is 10.9 Å². The van der Waals surface area contributed by atoms with Gasteiger partial charge in [-0.1, -0.05) is 24.3 Å². The molecule has 3 rings (SSSR count). The maximum absolute atomic E-state index is 12.0. The first-order valence-electron chi connectivity index (χ1n) is 7.19. The van der Waals surface area contributed by atoms with Crippen LogP contribution in [0.25, 0.3) is 0 Å². The third kappa shape index (κ3) is 3.28. The van der Waals surface area contributed by atoms with E-state index in [4.69, 9.17) is 0 Å². The summed E-state index contributed by atoms with van der Waals surface area (Å²) in [4.78, 5) is 26.4. The lowest BCUT2D eigenvalue weighted by Crippen LogP contribution is -2.47. The van der Waals surface area contributed by atoms with Gasteiger partial charge in [0.25, 0.3) is 11.8 Å². The molecule has 0 saturated heterocycles. The molecule has 22 heavy (non-hydrogen) atoms. The Labute approximate surface area is 132 Å². The van der Waals surface area contributed by atoms with Crippen molar-refractivity contribution in [3.05, 3.63) is 52.2 Å². The van der Waals surface area contributed by atoms with E-state index in [9.17, 15) is 9.59 Å². The Morgan fingerprint density at radius 1 is 1.14 bits per heavy atom. The number of amides is 2. The quantitative estimate of drug-likeness (QED) is 0.851. The van der Waals surface area contributed by atoms with Crippen molar-refractivity contribution in [2.24, 2.45) is 0 Å². The number of rotatable bonds is 3. The highest BCUT2D eigenvalue weighted by Crippen LogP contribution is 2.26. The van der Waals surface area contributed by atoms with Crippen LogP contribution in [-0.2, 0) is 11.2 Å². The molecule has 0 unspecified atom stereocenters. The maximum Gasteiger partial charge on any atom is 0.279 e. The monoisotopic (exact) mass is 315 g/mol. The van der Waals surface area contributed by atoms with E-state index in [1.165, 1.54) is 16.9 Å². The number of aryl methyl sites for hydroxylation is 1. The summed E-state index contributed by atoms with van der Waals surface area (Å²) in [5.41, 5.74) is 7.29. The van der Waals surface area contributed by atoms with Gasteiger partial charge in [0.1, 0.15) is 0 Å². The standard InChI is InChI=1S/C16H17N3O2S/c20-15(17-18-16(21)14-8-4-10-22-14)11-19-9-3-6-12-5-1-2-7-13(12)19/h1-2,4-5,7-8,10H,3,6,9,11H2,(H,17,20)(H,18,21). The van der Waals surface area contributed by atoms with Crippen LogP contribution in [0.1, 0.15) is 21.7 Å². The molecule has 1 aromatic heterocycles. The SMILES string of the molecule is O=C(CN1CCCc2ccccc21)NNC(=O)c1cccs1. The molecule has 0 radical (unpaired) electrons. The molecule has 0 spiro atoms. The first-order chi connectivity index (χ1) is 10.7. The van der Waals surface area contributed by atoms with Gasteiger partial charge >= 0.3 is 0 Å². The van der Waals surface area contributed by atoms with E-state index in [2.05, 4.69) is 16.9 Å². The van der Waals surface area contributed by atoms with Crippen LogP contribution < -0.4 is 15.8 Å². The van der Waals surface area contributed by atoms with Crippen LogP contribution in [0.15, 0.2) is 41.8 Å². The van der Waals surface area contributed by atoms with Crippen LogP contribution in [0.4, 0.5) is 5.69 Å². The van der Waals surface area contributed by atoms with Gasteiger partial charge in [-0.25, -0.2) is 0 Å². The summed E-state index contributed by atoms with van der Waals surface area (Å²) in [6.07, 6.45) is 2.08. The molecule has 0 aliphatic carbocycles. The van der Waals surface area contributed by atoms with Crippen LogP contribution in [0.2, 0.25) is 0 Å². The Bertz CT molecular complexity index is 670. The fourth-order valence-electron chi connectivity index (χ4n) is 2.58. The van der Waals surface area contributed by atoms with Crippen LogP contribution in [-0.4, -0.2) is 24.9 Å². The van der Waals surface area contributed by atoms with Gasteiger partial charge in [0.05, 0.1) is 11.4 Å². The molecule has 1 aliphatic heterocycles. The Hall–Kier alpha value is -2.34. The van der Waals surface area contributed by atoms with Crippen LogP contribution >= 0.6 is 11.3 Å². The Balaban J connectivity index is 1.55. The molecule has 1 aliphatic rings. The predicted molar refractivity (Wildman–Crippen MR) is 86.9 cm³/mol. The first-order valence-corrected chi connectivity index (χ1v) is 8.07. The van der Waals surface area contributed by atoms with Crippen molar-refractivity contribution in [3.63, 3.8) is 0 Å². The molecule has 0 atom stereocenters. The highest BCUT2D eigenvalue weighted by Gasteiger charge is 2.18. The molecular weight excluding hydrogens is 298 g/mol. The number of hydrogen-bond acceptors (Lipinski definition) is 4. The van der Waals surface area contributed by atoms with Gasteiger partial charge in [0.15, 0.2) is 0 Å². The van der Waals surface area contributed by atoms with E-state index in [-0.39, 0.29) is 18.4 Å². The van der Waals surface area contributed by atoms with E-state index in [0.717, 1.165) is 25.1 Å². The van der Waals surface area contributed by atoms with Crippen molar-refractivity contribution in [2.45, 2.75) is 12.8 Å². The smallest absolute Gasteiger partial charge is 0.279 e. The summed E-state index contributed by atoms with van der Waals surface area (Å²) in [7, 11) is 0. The number of nitrogens with zero attached hydrogens (tertiary/aromatic N) is 1. The second-order valence-electron chi connectivity index (χ2n) is 5.13. The first kappa shape index (κ1) is 14.6. The van der Waals surface area contributed by atoms with Gasteiger partial charge in [0, 0.05) is 12.2 Å².